The normalized spacial score (nSPS) is 23.7. The van der Waals surface area contributed by atoms with Crippen molar-refractivity contribution in [2.24, 2.45) is 0 Å². The molecule has 0 spiro atoms. The number of rotatable bonds is 9. The summed E-state index contributed by atoms with van der Waals surface area (Å²) in [4.78, 5) is 11.7. The van der Waals surface area contributed by atoms with E-state index >= 15 is 0 Å². The van der Waals surface area contributed by atoms with Crippen LogP contribution < -0.4 is 9.47 Å². The average Bonchev–Trinajstić information content (AvgIpc) is 3.50. The Hall–Kier alpha value is -2.22. The van der Waals surface area contributed by atoms with Gasteiger partial charge >= 0.3 is 0 Å². The highest BCUT2D eigenvalue weighted by molar-refractivity contribution is 7.98. The fourth-order valence-electron chi connectivity index (χ4n) is 3.91. The zero-order chi connectivity index (χ0) is 24.5. The van der Waals surface area contributed by atoms with E-state index in [0.717, 1.165) is 23.9 Å². The molecule has 35 heavy (non-hydrogen) atoms. The number of aliphatic hydroxyl groups excluding tert-OH is 1. The lowest BCUT2D eigenvalue weighted by atomic mass is 10.1. The van der Waals surface area contributed by atoms with Crippen molar-refractivity contribution in [2.45, 2.75) is 35.2 Å². The number of fused-ring (bicyclic) bond motifs is 2. The van der Waals surface area contributed by atoms with Crippen molar-refractivity contribution in [1.82, 2.24) is 15.0 Å². The summed E-state index contributed by atoms with van der Waals surface area (Å²) < 4.78 is 56.1. The van der Waals surface area contributed by atoms with Crippen molar-refractivity contribution < 1.29 is 37.6 Å². The lowest BCUT2D eigenvalue weighted by molar-refractivity contribution is 0.00706. The number of thioether (sulfide) groups is 1. The predicted octanol–water partition coefficient (Wildman–Crippen LogP) is 3.11. The number of hydrogen-bond donors (Lipinski definition) is 2. The van der Waals surface area contributed by atoms with Crippen LogP contribution in [-0.2, 0) is 20.0 Å². The molecule has 2 fully saturated rings. The van der Waals surface area contributed by atoms with E-state index in [2.05, 4.69) is 15.0 Å². The molecular formula is C22H22ClF2N3O6S. The molecule has 4 heterocycles. The van der Waals surface area contributed by atoms with Crippen LogP contribution in [0.1, 0.15) is 5.56 Å². The highest BCUT2D eigenvalue weighted by Crippen LogP contribution is 2.34. The lowest BCUT2D eigenvalue weighted by Crippen LogP contribution is -2.34. The molecule has 3 aromatic rings. The topological polar surface area (TPSA) is 108 Å². The number of nitrogens with zero attached hydrogens (tertiary/aromatic N) is 2. The Morgan fingerprint density at radius 2 is 1.91 bits per heavy atom. The average molecular weight is 530 g/mol. The number of halogens is 3. The van der Waals surface area contributed by atoms with Crippen LogP contribution in [0.3, 0.4) is 0 Å². The van der Waals surface area contributed by atoms with Gasteiger partial charge in [0.15, 0.2) is 11.8 Å². The van der Waals surface area contributed by atoms with Gasteiger partial charge in [0.1, 0.15) is 47.3 Å². The Morgan fingerprint density at radius 1 is 1.14 bits per heavy atom. The van der Waals surface area contributed by atoms with E-state index in [1.807, 2.05) is 0 Å². The predicted molar refractivity (Wildman–Crippen MR) is 122 cm³/mol. The molecule has 0 bridgehead atoms. The van der Waals surface area contributed by atoms with Crippen molar-refractivity contribution in [1.29, 1.82) is 0 Å². The van der Waals surface area contributed by atoms with E-state index in [-0.39, 0.29) is 49.0 Å². The fraction of sp³-hybridized carbons (Fsp3) is 0.455. The second kappa shape index (κ2) is 10.4. The van der Waals surface area contributed by atoms with Crippen molar-refractivity contribution in [3.63, 3.8) is 0 Å². The number of benzene rings is 1. The van der Waals surface area contributed by atoms with Gasteiger partial charge in [-0.15, -0.1) is 0 Å². The maximum atomic E-state index is 14.5. The number of aromatic amines is 1. The summed E-state index contributed by atoms with van der Waals surface area (Å²) in [7, 11) is 1.51. The summed E-state index contributed by atoms with van der Waals surface area (Å²) in [6.45, 7) is 0.937. The molecule has 2 aliphatic heterocycles. The van der Waals surface area contributed by atoms with Gasteiger partial charge < -0.3 is 33.8 Å². The van der Waals surface area contributed by atoms with Crippen LogP contribution in [0, 0.1) is 11.6 Å². The molecule has 0 saturated carbocycles. The van der Waals surface area contributed by atoms with Gasteiger partial charge in [-0.25, -0.2) is 13.8 Å². The summed E-state index contributed by atoms with van der Waals surface area (Å²) >= 11 is 7.43. The smallest absolute Gasteiger partial charge is 0.296 e. The summed E-state index contributed by atoms with van der Waals surface area (Å²) in [5.74, 6) is -1.41. The van der Waals surface area contributed by atoms with Crippen molar-refractivity contribution in [2.75, 3.05) is 33.5 Å². The number of methoxy groups -OCH3 is 1. The van der Waals surface area contributed by atoms with Gasteiger partial charge in [0, 0.05) is 30.6 Å². The zero-order valence-corrected chi connectivity index (χ0v) is 20.1. The van der Waals surface area contributed by atoms with E-state index in [0.29, 0.717) is 27.8 Å². The minimum atomic E-state index is -0.728. The SMILES string of the molecule is COCCOc1cc(F)c(CSc2nc3nc(O[C@@H]4CO[C@H]5[C@@H]4OC[C@H]5O)[nH]c3cc2Cl)c(F)c1. The molecular weight excluding hydrogens is 508 g/mol. The third-order valence-electron chi connectivity index (χ3n) is 5.64. The standard InChI is InChI=1S/C22H22ClF2N3O6S/c1-30-2-3-31-10-4-13(24)11(14(25)5-10)9-35-21-12(23)6-15-20(27-21)28-22(26-15)34-17-8-33-18-16(29)7-32-19(17)18/h4-6,16-19,29H,2-3,7-9H2,1H3,(H,26,27,28)/t16-,17-,18-,19-/m1/s1. The number of nitrogens with one attached hydrogen (secondary N) is 1. The minimum absolute atomic E-state index is 0.0375. The van der Waals surface area contributed by atoms with Crippen molar-refractivity contribution in [3.8, 4) is 11.8 Å². The quantitative estimate of drug-likeness (QED) is 0.319. The van der Waals surface area contributed by atoms with Gasteiger partial charge in [-0.2, -0.15) is 4.98 Å². The molecule has 5 rings (SSSR count). The van der Waals surface area contributed by atoms with Crippen LogP contribution in [0.4, 0.5) is 8.78 Å². The van der Waals surface area contributed by atoms with Gasteiger partial charge in [0.25, 0.3) is 6.01 Å². The molecule has 2 aromatic heterocycles. The highest BCUT2D eigenvalue weighted by Gasteiger charge is 2.48. The number of hydrogen-bond acceptors (Lipinski definition) is 9. The first kappa shape index (κ1) is 24.5. The van der Waals surface area contributed by atoms with E-state index in [1.54, 1.807) is 6.07 Å². The molecule has 188 valence electrons. The summed E-state index contributed by atoms with van der Waals surface area (Å²) in [6.07, 6.45) is -1.93. The summed E-state index contributed by atoms with van der Waals surface area (Å²) in [6, 6.07) is 4.09. The van der Waals surface area contributed by atoms with E-state index < -0.39 is 29.9 Å². The first-order valence-electron chi connectivity index (χ1n) is 10.8. The number of aromatic nitrogens is 3. The number of ether oxygens (including phenoxy) is 5. The van der Waals surface area contributed by atoms with Crippen LogP contribution in [-0.4, -0.2) is 78.0 Å². The number of imidazole rings is 1. The third kappa shape index (κ3) is 5.18. The Morgan fingerprint density at radius 3 is 2.69 bits per heavy atom. The molecule has 2 N–H and O–H groups in total. The van der Waals surface area contributed by atoms with Crippen LogP contribution in [0.25, 0.3) is 11.2 Å². The molecule has 0 aliphatic carbocycles. The third-order valence-corrected chi connectivity index (χ3v) is 7.06. The van der Waals surface area contributed by atoms with Crippen LogP contribution in [0.5, 0.6) is 11.8 Å². The largest absolute Gasteiger partial charge is 0.491 e. The molecule has 13 heteroatoms. The van der Waals surface area contributed by atoms with E-state index in [4.69, 9.17) is 35.3 Å². The molecule has 2 saturated heterocycles. The number of pyridine rings is 1. The molecule has 0 radical (unpaired) electrons. The van der Waals surface area contributed by atoms with Crippen molar-refractivity contribution >= 4 is 34.5 Å². The molecule has 4 atom stereocenters. The zero-order valence-electron chi connectivity index (χ0n) is 18.5. The molecule has 0 amide bonds. The molecule has 2 aliphatic rings. The van der Waals surface area contributed by atoms with Gasteiger partial charge in [-0.05, 0) is 6.07 Å². The monoisotopic (exact) mass is 529 g/mol. The van der Waals surface area contributed by atoms with Gasteiger partial charge in [-0.1, -0.05) is 23.4 Å². The summed E-state index contributed by atoms with van der Waals surface area (Å²) in [5.41, 5.74) is 0.748. The summed E-state index contributed by atoms with van der Waals surface area (Å²) in [5, 5.41) is 10.5. The number of aliphatic hydroxyl groups is 1. The van der Waals surface area contributed by atoms with Crippen molar-refractivity contribution in [3.05, 3.63) is 40.4 Å². The van der Waals surface area contributed by atoms with Crippen LogP contribution in [0.15, 0.2) is 23.2 Å². The lowest BCUT2D eigenvalue weighted by Gasteiger charge is -2.15. The Balaban J connectivity index is 1.27. The van der Waals surface area contributed by atoms with Gasteiger partial charge in [0.2, 0.25) is 0 Å². The Bertz CT molecular complexity index is 1190. The van der Waals surface area contributed by atoms with E-state index in [1.165, 1.54) is 7.11 Å². The van der Waals surface area contributed by atoms with Crippen LogP contribution >= 0.6 is 23.4 Å². The first-order valence-corrected chi connectivity index (χ1v) is 12.2. The van der Waals surface area contributed by atoms with Gasteiger partial charge in [-0.3, -0.25) is 0 Å². The Labute approximate surface area is 208 Å². The molecule has 1 aromatic carbocycles. The maximum Gasteiger partial charge on any atom is 0.296 e. The minimum Gasteiger partial charge on any atom is -0.491 e. The second-order valence-electron chi connectivity index (χ2n) is 8.00. The highest BCUT2D eigenvalue weighted by atomic mass is 35.5. The maximum absolute atomic E-state index is 14.5. The van der Waals surface area contributed by atoms with E-state index in [9.17, 15) is 13.9 Å². The second-order valence-corrected chi connectivity index (χ2v) is 9.37. The van der Waals surface area contributed by atoms with Gasteiger partial charge in [0.05, 0.1) is 30.4 Å². The Kier molecular flexibility index (Phi) is 7.28. The molecule has 0 unspecified atom stereocenters. The molecule has 9 nitrogen and oxygen atoms in total. The fourth-order valence-corrected chi connectivity index (χ4v) is 5.13. The van der Waals surface area contributed by atoms with Crippen LogP contribution in [0.2, 0.25) is 5.02 Å². The number of H-pyrrole nitrogens is 1. The first-order chi connectivity index (χ1) is 16.9.